The van der Waals surface area contributed by atoms with Gasteiger partial charge in [0.25, 0.3) is 0 Å². The molecule has 1 N–H and O–H groups in total. The molecular weight excluding hydrogens is 260 g/mol. The van der Waals surface area contributed by atoms with Crippen molar-refractivity contribution in [2.75, 3.05) is 31.1 Å². The van der Waals surface area contributed by atoms with E-state index in [1.54, 1.807) is 4.90 Å². The highest BCUT2D eigenvalue weighted by Crippen LogP contribution is 2.38. The van der Waals surface area contributed by atoms with Crippen LogP contribution in [0.3, 0.4) is 0 Å². The number of anilines is 1. The van der Waals surface area contributed by atoms with Crippen molar-refractivity contribution in [2.45, 2.75) is 19.3 Å². The molecule has 1 atom stereocenters. The molecule has 19 heavy (non-hydrogen) atoms. The quantitative estimate of drug-likeness (QED) is 0.835. The molecule has 1 aliphatic rings. The van der Waals surface area contributed by atoms with Gasteiger partial charge in [-0.2, -0.15) is 13.2 Å². The van der Waals surface area contributed by atoms with Gasteiger partial charge in [0.2, 0.25) is 0 Å². The second kappa shape index (κ2) is 5.36. The van der Waals surface area contributed by atoms with Gasteiger partial charge in [0, 0.05) is 31.9 Å². The summed E-state index contributed by atoms with van der Waals surface area (Å²) in [5.74, 6) is 0. The molecule has 0 aliphatic carbocycles. The van der Waals surface area contributed by atoms with Crippen LogP contribution in [0.4, 0.5) is 23.2 Å². The van der Waals surface area contributed by atoms with Crippen LogP contribution in [0.15, 0.2) is 18.2 Å². The van der Waals surface area contributed by atoms with Gasteiger partial charge in [-0.15, -0.1) is 0 Å². The highest BCUT2D eigenvalue weighted by molar-refractivity contribution is 5.57. The predicted molar refractivity (Wildman–Crippen MR) is 66.0 cm³/mol. The van der Waals surface area contributed by atoms with Gasteiger partial charge in [-0.05, 0) is 24.6 Å². The lowest BCUT2D eigenvalue weighted by molar-refractivity contribution is -0.137. The van der Waals surface area contributed by atoms with Crippen molar-refractivity contribution < 1.29 is 17.6 Å². The summed E-state index contributed by atoms with van der Waals surface area (Å²) in [6.07, 6.45) is -5.87. The Morgan fingerprint density at radius 3 is 2.37 bits per heavy atom. The van der Waals surface area contributed by atoms with Crippen LogP contribution in [0.2, 0.25) is 0 Å². The molecule has 2 nitrogen and oxygen atoms in total. The molecule has 0 aromatic heterocycles. The van der Waals surface area contributed by atoms with Crippen LogP contribution in [0, 0.1) is 0 Å². The molecule has 0 amide bonds. The molecule has 1 saturated heterocycles. The molecule has 1 aromatic rings. The summed E-state index contributed by atoms with van der Waals surface area (Å²) in [6, 6.07) is 3.72. The first-order valence-corrected chi connectivity index (χ1v) is 6.20. The van der Waals surface area contributed by atoms with Gasteiger partial charge in [-0.3, -0.25) is 0 Å². The molecular formula is C13H16F4N2. The first-order chi connectivity index (χ1) is 8.89. The number of halogens is 4. The fourth-order valence-corrected chi connectivity index (χ4v) is 2.21. The van der Waals surface area contributed by atoms with Gasteiger partial charge in [0.15, 0.2) is 0 Å². The smallest absolute Gasteiger partial charge is 0.368 e. The minimum atomic E-state index is -4.47. The first kappa shape index (κ1) is 14.1. The van der Waals surface area contributed by atoms with E-state index in [-0.39, 0.29) is 11.3 Å². The number of nitrogens with one attached hydrogen (secondary N) is 1. The third kappa shape index (κ3) is 3.18. The number of hydrogen-bond acceptors (Lipinski definition) is 2. The first-order valence-electron chi connectivity index (χ1n) is 6.20. The molecule has 6 heteroatoms. The normalized spacial score (nSPS) is 18.5. The lowest BCUT2D eigenvalue weighted by atomic mass is 10.0. The lowest BCUT2D eigenvalue weighted by Gasteiger charge is -2.31. The van der Waals surface area contributed by atoms with E-state index < -0.39 is 17.9 Å². The summed E-state index contributed by atoms with van der Waals surface area (Å²) in [5, 5.41) is 3.09. The van der Waals surface area contributed by atoms with Gasteiger partial charge < -0.3 is 10.2 Å². The van der Waals surface area contributed by atoms with E-state index in [2.05, 4.69) is 5.32 Å². The van der Waals surface area contributed by atoms with Crippen molar-refractivity contribution in [3.63, 3.8) is 0 Å². The summed E-state index contributed by atoms with van der Waals surface area (Å²) in [6.45, 7) is 3.58. The standard InChI is InChI=1S/C13H16F4N2/c1-9(14)10-2-3-12(11(8-10)13(15,16)17)19-6-4-18-5-7-19/h2-3,8-9,18H,4-7H2,1H3. The van der Waals surface area contributed by atoms with Crippen molar-refractivity contribution in [3.8, 4) is 0 Å². The number of rotatable bonds is 2. The molecule has 1 heterocycles. The molecule has 0 spiro atoms. The molecule has 1 aromatic carbocycles. The third-order valence-corrected chi connectivity index (χ3v) is 3.24. The zero-order valence-electron chi connectivity index (χ0n) is 10.6. The minimum absolute atomic E-state index is 0.0613. The average Bonchev–Trinajstić information content (AvgIpc) is 2.38. The number of benzene rings is 1. The maximum absolute atomic E-state index is 13.2. The zero-order valence-corrected chi connectivity index (χ0v) is 10.6. The highest BCUT2D eigenvalue weighted by Gasteiger charge is 2.35. The van der Waals surface area contributed by atoms with Crippen molar-refractivity contribution in [3.05, 3.63) is 29.3 Å². The molecule has 2 rings (SSSR count). The molecule has 106 valence electrons. The Hall–Kier alpha value is -1.30. The molecule has 0 bridgehead atoms. The van der Waals surface area contributed by atoms with Gasteiger partial charge in [-0.25, -0.2) is 4.39 Å². The fourth-order valence-electron chi connectivity index (χ4n) is 2.21. The Balaban J connectivity index is 2.41. The van der Waals surface area contributed by atoms with Gasteiger partial charge in [-0.1, -0.05) is 6.07 Å². The molecule has 1 fully saturated rings. The Kier molecular flexibility index (Phi) is 3.99. The van der Waals surface area contributed by atoms with Gasteiger partial charge in [0.1, 0.15) is 6.17 Å². The molecule has 1 aliphatic heterocycles. The van der Waals surface area contributed by atoms with E-state index in [0.717, 1.165) is 6.07 Å². The highest BCUT2D eigenvalue weighted by atomic mass is 19.4. The zero-order chi connectivity index (χ0) is 14.0. The van der Waals surface area contributed by atoms with Gasteiger partial charge >= 0.3 is 6.18 Å². The third-order valence-electron chi connectivity index (χ3n) is 3.24. The molecule has 0 radical (unpaired) electrons. The van der Waals surface area contributed by atoms with E-state index in [1.807, 2.05) is 0 Å². The Bertz CT molecular complexity index is 437. The van der Waals surface area contributed by atoms with Crippen LogP contribution in [-0.4, -0.2) is 26.2 Å². The van der Waals surface area contributed by atoms with Crippen LogP contribution in [0.25, 0.3) is 0 Å². The van der Waals surface area contributed by atoms with Crippen LogP contribution in [-0.2, 0) is 6.18 Å². The summed E-state index contributed by atoms with van der Waals surface area (Å²) >= 11 is 0. The van der Waals surface area contributed by atoms with E-state index in [9.17, 15) is 17.6 Å². The van der Waals surface area contributed by atoms with Crippen molar-refractivity contribution in [1.29, 1.82) is 0 Å². The number of piperazine rings is 1. The van der Waals surface area contributed by atoms with Crippen LogP contribution in [0.1, 0.15) is 24.2 Å². The molecule has 0 saturated carbocycles. The van der Waals surface area contributed by atoms with Crippen molar-refractivity contribution in [1.82, 2.24) is 5.32 Å². The van der Waals surface area contributed by atoms with Crippen molar-refractivity contribution in [2.24, 2.45) is 0 Å². The number of nitrogens with zero attached hydrogens (tertiary/aromatic N) is 1. The van der Waals surface area contributed by atoms with Crippen molar-refractivity contribution >= 4 is 5.69 Å². The Morgan fingerprint density at radius 2 is 1.84 bits per heavy atom. The number of hydrogen-bond donors (Lipinski definition) is 1. The largest absolute Gasteiger partial charge is 0.418 e. The minimum Gasteiger partial charge on any atom is -0.368 e. The van der Waals surface area contributed by atoms with Crippen LogP contribution >= 0.6 is 0 Å². The van der Waals surface area contributed by atoms with E-state index >= 15 is 0 Å². The topological polar surface area (TPSA) is 15.3 Å². The maximum atomic E-state index is 13.2. The fraction of sp³-hybridized carbons (Fsp3) is 0.538. The monoisotopic (exact) mass is 276 g/mol. The predicted octanol–water partition coefficient (Wildman–Crippen LogP) is 3.15. The van der Waals surface area contributed by atoms with Crippen LogP contribution < -0.4 is 10.2 Å². The summed E-state index contributed by atoms with van der Waals surface area (Å²) < 4.78 is 52.4. The Labute approximate surface area is 109 Å². The maximum Gasteiger partial charge on any atom is 0.418 e. The average molecular weight is 276 g/mol. The van der Waals surface area contributed by atoms with E-state index in [1.165, 1.54) is 19.1 Å². The Morgan fingerprint density at radius 1 is 1.21 bits per heavy atom. The summed E-state index contributed by atoms with van der Waals surface area (Å²) in [5.41, 5.74) is -0.555. The summed E-state index contributed by atoms with van der Waals surface area (Å²) in [7, 11) is 0. The second-order valence-corrected chi connectivity index (χ2v) is 4.63. The number of alkyl halides is 4. The van der Waals surface area contributed by atoms with E-state index in [4.69, 9.17) is 0 Å². The SMILES string of the molecule is CC(F)c1ccc(N2CCNCC2)c(C(F)(F)F)c1. The molecule has 1 unspecified atom stereocenters. The second-order valence-electron chi connectivity index (χ2n) is 4.63. The van der Waals surface area contributed by atoms with Crippen LogP contribution in [0.5, 0.6) is 0 Å². The van der Waals surface area contributed by atoms with E-state index in [0.29, 0.717) is 26.2 Å². The lowest BCUT2D eigenvalue weighted by Crippen LogP contribution is -2.44. The van der Waals surface area contributed by atoms with Gasteiger partial charge in [0.05, 0.1) is 5.56 Å². The summed E-state index contributed by atoms with van der Waals surface area (Å²) in [4.78, 5) is 1.69.